The van der Waals surface area contributed by atoms with Crippen LogP contribution >= 0.6 is 11.6 Å². The topological polar surface area (TPSA) is 30.5 Å². The van der Waals surface area contributed by atoms with Crippen molar-refractivity contribution < 1.29 is 13.9 Å². The molecule has 0 aliphatic rings. The van der Waals surface area contributed by atoms with Crippen LogP contribution in [0, 0.1) is 5.82 Å². The fourth-order valence-corrected chi connectivity index (χ4v) is 2.59. The van der Waals surface area contributed by atoms with Gasteiger partial charge in [0.05, 0.1) is 14.2 Å². The van der Waals surface area contributed by atoms with E-state index in [4.69, 9.17) is 21.1 Å². The molecule has 0 aliphatic heterocycles. The second-order valence-electron chi connectivity index (χ2n) is 4.49. The number of halogens is 2. The van der Waals surface area contributed by atoms with Gasteiger partial charge in [-0.05, 0) is 42.4 Å². The van der Waals surface area contributed by atoms with Gasteiger partial charge in [0.2, 0.25) is 0 Å². The highest BCUT2D eigenvalue weighted by atomic mass is 35.5. The number of nitrogens with one attached hydrogen (secondary N) is 1. The molecule has 0 radical (unpaired) electrons. The van der Waals surface area contributed by atoms with Crippen LogP contribution in [0.5, 0.6) is 11.5 Å². The molecule has 5 heteroatoms. The molecule has 0 saturated carbocycles. The van der Waals surface area contributed by atoms with E-state index in [1.165, 1.54) is 12.1 Å². The van der Waals surface area contributed by atoms with E-state index in [2.05, 4.69) is 5.32 Å². The Labute approximate surface area is 128 Å². The lowest BCUT2D eigenvalue weighted by molar-refractivity contribution is 0.396. The van der Waals surface area contributed by atoms with Crippen molar-refractivity contribution in [2.75, 3.05) is 21.3 Å². The molecule has 0 aliphatic carbocycles. The summed E-state index contributed by atoms with van der Waals surface area (Å²) in [5.74, 6) is 0.775. The molecule has 2 rings (SSSR count). The molecule has 3 nitrogen and oxygen atoms in total. The summed E-state index contributed by atoms with van der Waals surface area (Å²) in [5.41, 5.74) is 2.50. The highest BCUT2D eigenvalue weighted by Gasteiger charge is 2.17. The van der Waals surface area contributed by atoms with Crippen LogP contribution in [0.1, 0.15) is 5.56 Å². The first-order valence-corrected chi connectivity index (χ1v) is 6.84. The number of rotatable bonds is 5. The van der Waals surface area contributed by atoms with Gasteiger partial charge in [-0.25, -0.2) is 4.39 Å². The number of methoxy groups -OCH3 is 2. The Morgan fingerprint density at radius 3 is 2.43 bits per heavy atom. The second-order valence-corrected chi connectivity index (χ2v) is 4.87. The van der Waals surface area contributed by atoms with Crippen LogP contribution in [0.25, 0.3) is 11.1 Å². The van der Waals surface area contributed by atoms with Gasteiger partial charge in [0.25, 0.3) is 0 Å². The quantitative estimate of drug-likeness (QED) is 0.909. The number of hydrogen-bond acceptors (Lipinski definition) is 3. The fourth-order valence-electron chi connectivity index (χ4n) is 2.27. The third kappa shape index (κ3) is 3.12. The van der Waals surface area contributed by atoms with Crippen molar-refractivity contribution in [3.05, 3.63) is 46.7 Å². The lowest BCUT2D eigenvalue weighted by atomic mass is 9.98. The lowest BCUT2D eigenvalue weighted by Gasteiger charge is -2.16. The molecule has 0 bridgehead atoms. The summed E-state index contributed by atoms with van der Waals surface area (Å²) in [6.07, 6.45) is 0. The maximum absolute atomic E-state index is 13.5. The smallest absolute Gasteiger partial charge is 0.149 e. The van der Waals surface area contributed by atoms with Crippen LogP contribution in [0.3, 0.4) is 0 Å². The summed E-state index contributed by atoms with van der Waals surface area (Å²) in [4.78, 5) is 0. The zero-order valence-corrected chi connectivity index (χ0v) is 12.9. The highest BCUT2D eigenvalue weighted by Crippen LogP contribution is 2.42. The molecule has 0 amide bonds. The first-order valence-electron chi connectivity index (χ1n) is 6.46. The van der Waals surface area contributed by atoms with Crippen LogP contribution < -0.4 is 14.8 Å². The summed E-state index contributed by atoms with van der Waals surface area (Å²) < 4.78 is 24.1. The van der Waals surface area contributed by atoms with Crippen molar-refractivity contribution in [2.45, 2.75) is 6.54 Å². The van der Waals surface area contributed by atoms with Crippen molar-refractivity contribution in [2.24, 2.45) is 0 Å². The van der Waals surface area contributed by atoms with Gasteiger partial charge in [-0.15, -0.1) is 0 Å². The van der Waals surface area contributed by atoms with Gasteiger partial charge >= 0.3 is 0 Å². The van der Waals surface area contributed by atoms with Crippen molar-refractivity contribution in [3.63, 3.8) is 0 Å². The molecule has 1 N–H and O–H groups in total. The van der Waals surface area contributed by atoms with Gasteiger partial charge in [-0.1, -0.05) is 17.7 Å². The average Bonchev–Trinajstić information content (AvgIpc) is 2.47. The van der Waals surface area contributed by atoms with Gasteiger partial charge < -0.3 is 14.8 Å². The minimum absolute atomic E-state index is 0.275. The van der Waals surface area contributed by atoms with E-state index < -0.39 is 0 Å². The molecule has 2 aromatic carbocycles. The van der Waals surface area contributed by atoms with E-state index in [0.717, 1.165) is 16.7 Å². The summed E-state index contributed by atoms with van der Waals surface area (Å²) in [5, 5.41) is 3.43. The van der Waals surface area contributed by atoms with Crippen molar-refractivity contribution >= 4 is 11.6 Å². The fraction of sp³-hybridized carbons (Fsp3) is 0.250. The Hall–Kier alpha value is -1.78. The normalized spacial score (nSPS) is 10.5. The van der Waals surface area contributed by atoms with E-state index in [9.17, 15) is 4.39 Å². The molecule has 0 heterocycles. The molecule has 112 valence electrons. The molecular weight excluding hydrogens is 293 g/mol. The van der Waals surface area contributed by atoms with E-state index in [1.54, 1.807) is 26.4 Å². The molecule has 21 heavy (non-hydrogen) atoms. The first kappa shape index (κ1) is 15.6. The van der Waals surface area contributed by atoms with Crippen LogP contribution in [-0.2, 0) is 6.54 Å². The number of hydrogen-bond donors (Lipinski definition) is 1. The summed E-state index contributed by atoms with van der Waals surface area (Å²) in [6.45, 7) is 0.542. The predicted molar refractivity (Wildman–Crippen MR) is 82.7 cm³/mol. The molecule has 0 aromatic heterocycles. The molecule has 0 saturated heterocycles. The number of ether oxygens (including phenoxy) is 2. The largest absolute Gasteiger partial charge is 0.495 e. The van der Waals surface area contributed by atoms with Crippen molar-refractivity contribution in [1.29, 1.82) is 0 Å². The molecular formula is C16H17ClFNO2. The Balaban J connectivity index is 2.64. The Morgan fingerprint density at radius 2 is 1.81 bits per heavy atom. The average molecular weight is 310 g/mol. The molecule has 0 unspecified atom stereocenters. The van der Waals surface area contributed by atoms with E-state index >= 15 is 0 Å². The predicted octanol–water partition coefficient (Wildman–Crippen LogP) is 3.88. The van der Waals surface area contributed by atoms with Gasteiger partial charge in [-0.3, -0.25) is 0 Å². The standard InChI is InChI=1S/C16H17ClFNO2/c1-19-9-10-8-11(18)4-5-12(10)13-6-7-14(20-2)15(17)16(13)21-3/h4-8,19H,9H2,1-3H3. The van der Waals surface area contributed by atoms with E-state index in [1.807, 2.05) is 13.1 Å². The summed E-state index contributed by atoms with van der Waals surface area (Å²) >= 11 is 6.29. The Morgan fingerprint density at radius 1 is 1.10 bits per heavy atom. The van der Waals surface area contributed by atoms with Crippen molar-refractivity contribution in [1.82, 2.24) is 5.32 Å². The maximum Gasteiger partial charge on any atom is 0.149 e. The summed E-state index contributed by atoms with van der Waals surface area (Å²) in [7, 11) is 4.91. The minimum Gasteiger partial charge on any atom is -0.495 e. The van der Waals surface area contributed by atoms with Crippen LogP contribution in [0.4, 0.5) is 4.39 Å². The van der Waals surface area contributed by atoms with E-state index in [0.29, 0.717) is 23.1 Å². The monoisotopic (exact) mass is 309 g/mol. The molecule has 2 aromatic rings. The third-order valence-electron chi connectivity index (χ3n) is 3.21. The van der Waals surface area contributed by atoms with Gasteiger partial charge in [-0.2, -0.15) is 0 Å². The maximum atomic E-state index is 13.5. The second kappa shape index (κ2) is 6.78. The van der Waals surface area contributed by atoms with Crippen LogP contribution in [0.15, 0.2) is 30.3 Å². The third-order valence-corrected chi connectivity index (χ3v) is 3.57. The van der Waals surface area contributed by atoms with Crippen LogP contribution in [-0.4, -0.2) is 21.3 Å². The van der Waals surface area contributed by atoms with Gasteiger partial charge in [0, 0.05) is 12.1 Å². The number of benzene rings is 2. The van der Waals surface area contributed by atoms with Gasteiger partial charge in [0.1, 0.15) is 22.3 Å². The van der Waals surface area contributed by atoms with Crippen LogP contribution in [0.2, 0.25) is 5.02 Å². The lowest BCUT2D eigenvalue weighted by Crippen LogP contribution is -2.07. The van der Waals surface area contributed by atoms with Crippen molar-refractivity contribution in [3.8, 4) is 22.6 Å². The molecule has 0 fully saturated rings. The Kier molecular flexibility index (Phi) is 5.04. The zero-order chi connectivity index (χ0) is 15.4. The van der Waals surface area contributed by atoms with Gasteiger partial charge in [0.15, 0.2) is 0 Å². The first-order chi connectivity index (χ1) is 10.1. The molecule has 0 spiro atoms. The SMILES string of the molecule is CNCc1cc(F)ccc1-c1ccc(OC)c(Cl)c1OC. The summed E-state index contributed by atoms with van der Waals surface area (Å²) in [6, 6.07) is 8.28. The Bertz CT molecular complexity index is 646. The zero-order valence-electron chi connectivity index (χ0n) is 12.2. The highest BCUT2D eigenvalue weighted by molar-refractivity contribution is 6.34. The van der Waals surface area contributed by atoms with E-state index in [-0.39, 0.29) is 5.82 Å². The minimum atomic E-state index is -0.275. The molecule has 0 atom stereocenters.